The molecule has 0 aliphatic carbocycles. The largest absolute Gasteiger partial charge is 0.480 e. The van der Waals surface area contributed by atoms with E-state index in [1.165, 1.54) is 15.0 Å². The molecule has 0 fully saturated rings. The minimum Gasteiger partial charge on any atom is -0.480 e. The summed E-state index contributed by atoms with van der Waals surface area (Å²) in [6.07, 6.45) is 0. The number of carbonyl (C=O) groups excluding carboxylic acids is 3. The minimum absolute atomic E-state index is 0.102. The van der Waals surface area contributed by atoms with E-state index < -0.39 is 24.4 Å². The fraction of sp³-hybridized carbons (Fsp3) is 0.522. The molecular weight excluding hydrogens is 508 g/mol. The number of hydrogen-bond acceptors (Lipinski definition) is 9. The number of thiol groups is 1. The Morgan fingerprint density at radius 2 is 1.22 bits per heavy atom. The van der Waals surface area contributed by atoms with E-state index in [0.717, 1.165) is 16.8 Å². The highest BCUT2D eigenvalue weighted by Gasteiger charge is 2.25. The van der Waals surface area contributed by atoms with Crippen LogP contribution in [0.4, 0.5) is 0 Å². The molecule has 0 saturated carbocycles. The summed E-state index contributed by atoms with van der Waals surface area (Å²) in [5.74, 6) is -2.69. The summed E-state index contributed by atoms with van der Waals surface area (Å²) in [7, 11) is 6.48. The van der Waals surface area contributed by atoms with Crippen molar-refractivity contribution in [2.45, 2.75) is 13.8 Å². The van der Waals surface area contributed by atoms with E-state index in [1.54, 1.807) is 66.3 Å². The smallest absolute Gasteiger partial charge is 0.324 e. The Bertz CT molecular complexity index is 884. The second kappa shape index (κ2) is 17.0. The summed E-state index contributed by atoms with van der Waals surface area (Å²) in [5.41, 5.74) is 0.585. The number of aliphatic carboxylic acids is 2. The molecule has 13 heteroatoms. The number of hydrazine groups is 2. The van der Waals surface area contributed by atoms with Crippen LogP contribution in [0, 0.1) is 11.8 Å². The van der Waals surface area contributed by atoms with Crippen LogP contribution in [-0.4, -0.2) is 112 Å². The Morgan fingerprint density at radius 1 is 0.806 bits per heavy atom. The standard InChI is InChI=1S/C15H20N2O4S.C8H16N2O3S/c1-11(14(20)17(16(2)3)9-13(18)19)10-22-15(21)12-7-5-4-6-8-12;1-6(5-14)8(13)10(9(2)3)4-7(11)12/h4-8,11H,9-10H2,1-3H3,(H,18,19);6,14H,4-5H2,1-3H3,(H,11,12). The van der Waals surface area contributed by atoms with Crippen LogP contribution in [0.3, 0.4) is 0 Å². The van der Waals surface area contributed by atoms with Gasteiger partial charge >= 0.3 is 11.9 Å². The highest BCUT2D eigenvalue weighted by atomic mass is 32.2. The number of carbonyl (C=O) groups is 5. The maximum absolute atomic E-state index is 12.3. The van der Waals surface area contributed by atoms with Crippen molar-refractivity contribution in [3.05, 3.63) is 35.9 Å². The molecule has 2 N–H and O–H groups in total. The monoisotopic (exact) mass is 544 g/mol. The van der Waals surface area contributed by atoms with Crippen molar-refractivity contribution >= 4 is 53.3 Å². The lowest BCUT2D eigenvalue weighted by Crippen LogP contribution is -2.47. The van der Waals surface area contributed by atoms with Gasteiger partial charge in [0.25, 0.3) is 0 Å². The minimum atomic E-state index is -1.08. The van der Waals surface area contributed by atoms with Gasteiger partial charge in [-0.25, -0.2) is 10.0 Å². The molecular formula is C23H36N4O7S2. The molecule has 1 aromatic rings. The van der Waals surface area contributed by atoms with Crippen LogP contribution in [0.25, 0.3) is 0 Å². The molecule has 2 amide bonds. The van der Waals surface area contributed by atoms with Crippen molar-refractivity contribution in [3.63, 3.8) is 0 Å². The summed E-state index contributed by atoms with van der Waals surface area (Å²) in [6, 6.07) is 8.83. The van der Waals surface area contributed by atoms with Crippen molar-refractivity contribution in [1.82, 2.24) is 20.0 Å². The summed E-state index contributed by atoms with van der Waals surface area (Å²) in [5, 5.41) is 22.6. The second-order valence-electron chi connectivity index (χ2n) is 8.22. The van der Waals surface area contributed by atoms with Crippen LogP contribution in [0.2, 0.25) is 0 Å². The summed E-state index contributed by atoms with van der Waals surface area (Å²) >= 11 is 5.06. The van der Waals surface area contributed by atoms with Gasteiger partial charge in [-0.2, -0.15) is 12.6 Å². The Labute approximate surface area is 221 Å². The van der Waals surface area contributed by atoms with Gasteiger partial charge in [0.2, 0.25) is 16.9 Å². The van der Waals surface area contributed by atoms with E-state index in [2.05, 4.69) is 12.6 Å². The van der Waals surface area contributed by atoms with Crippen molar-refractivity contribution in [3.8, 4) is 0 Å². The molecule has 0 aromatic heterocycles. The van der Waals surface area contributed by atoms with Gasteiger partial charge in [0, 0.05) is 57.1 Å². The van der Waals surface area contributed by atoms with Gasteiger partial charge in [0.15, 0.2) is 0 Å². The molecule has 1 rings (SSSR count). The number of amides is 2. The number of carboxylic acid groups (broad SMARTS) is 2. The fourth-order valence-electron chi connectivity index (χ4n) is 2.61. The molecule has 0 spiro atoms. The van der Waals surface area contributed by atoms with Crippen molar-refractivity contribution in [1.29, 1.82) is 0 Å². The molecule has 202 valence electrons. The van der Waals surface area contributed by atoms with Gasteiger partial charge in [-0.1, -0.05) is 55.9 Å². The van der Waals surface area contributed by atoms with Crippen LogP contribution in [0.15, 0.2) is 30.3 Å². The number of thioether (sulfide) groups is 1. The Morgan fingerprint density at radius 3 is 1.58 bits per heavy atom. The summed E-state index contributed by atoms with van der Waals surface area (Å²) < 4.78 is 0. The molecule has 11 nitrogen and oxygen atoms in total. The van der Waals surface area contributed by atoms with Gasteiger partial charge in [0.1, 0.15) is 13.1 Å². The second-order valence-corrected chi connectivity index (χ2v) is 9.58. The predicted octanol–water partition coefficient (Wildman–Crippen LogP) is 1.53. The van der Waals surface area contributed by atoms with Crippen LogP contribution < -0.4 is 0 Å². The Balaban J connectivity index is 0.000000757. The molecule has 36 heavy (non-hydrogen) atoms. The number of nitrogens with zero attached hydrogens (tertiary/aromatic N) is 4. The van der Waals surface area contributed by atoms with Crippen LogP contribution in [0.5, 0.6) is 0 Å². The lowest BCUT2D eigenvalue weighted by atomic mass is 10.2. The first kappa shape index (κ1) is 33.4. The molecule has 0 bridgehead atoms. The summed E-state index contributed by atoms with van der Waals surface area (Å²) in [6.45, 7) is 2.69. The normalized spacial score (nSPS) is 12.2. The maximum Gasteiger partial charge on any atom is 0.324 e. The number of carboxylic acids is 2. The fourth-order valence-corrected chi connectivity index (χ4v) is 3.61. The van der Waals surface area contributed by atoms with Crippen LogP contribution in [-0.2, 0) is 19.2 Å². The molecule has 2 atom stereocenters. The average molecular weight is 545 g/mol. The SMILES string of the molecule is CC(CS)C(=O)N(CC(=O)O)N(C)C.CC(CSC(=O)c1ccccc1)C(=O)N(CC(=O)O)N(C)C. The molecule has 0 aliphatic rings. The lowest BCUT2D eigenvalue weighted by Gasteiger charge is -2.29. The number of hydrogen-bond donors (Lipinski definition) is 3. The highest BCUT2D eigenvalue weighted by Crippen LogP contribution is 2.17. The number of benzene rings is 1. The van der Waals surface area contributed by atoms with E-state index in [4.69, 9.17) is 10.2 Å². The van der Waals surface area contributed by atoms with Crippen LogP contribution in [0.1, 0.15) is 24.2 Å². The third kappa shape index (κ3) is 12.4. The van der Waals surface area contributed by atoms with Gasteiger partial charge in [0.05, 0.1) is 0 Å². The van der Waals surface area contributed by atoms with Crippen molar-refractivity contribution in [2.24, 2.45) is 11.8 Å². The first-order chi connectivity index (χ1) is 16.7. The molecule has 2 unspecified atom stereocenters. The highest BCUT2D eigenvalue weighted by molar-refractivity contribution is 8.14. The van der Waals surface area contributed by atoms with Crippen molar-refractivity contribution < 1.29 is 34.2 Å². The van der Waals surface area contributed by atoms with Crippen molar-refractivity contribution in [2.75, 3.05) is 52.8 Å². The van der Waals surface area contributed by atoms with E-state index in [-0.39, 0.29) is 29.4 Å². The Kier molecular flexibility index (Phi) is 15.7. The lowest BCUT2D eigenvalue weighted by molar-refractivity contribution is -0.157. The van der Waals surface area contributed by atoms with E-state index >= 15 is 0 Å². The van der Waals surface area contributed by atoms with Gasteiger partial charge in [-0.05, 0) is 0 Å². The zero-order chi connectivity index (χ0) is 28.0. The zero-order valence-electron chi connectivity index (χ0n) is 21.4. The van der Waals surface area contributed by atoms with Gasteiger partial charge in [-0.3, -0.25) is 34.0 Å². The van der Waals surface area contributed by atoms with Gasteiger partial charge in [-0.15, -0.1) is 0 Å². The molecule has 0 heterocycles. The average Bonchev–Trinajstić information content (AvgIpc) is 2.83. The molecule has 0 aliphatic heterocycles. The van der Waals surface area contributed by atoms with E-state index in [1.807, 2.05) is 6.07 Å². The third-order valence-corrected chi connectivity index (χ3v) is 6.35. The summed E-state index contributed by atoms with van der Waals surface area (Å²) in [4.78, 5) is 57.2. The third-order valence-electron chi connectivity index (χ3n) is 4.64. The molecule has 0 saturated heterocycles. The topological polar surface area (TPSA) is 139 Å². The van der Waals surface area contributed by atoms with E-state index in [9.17, 15) is 24.0 Å². The predicted molar refractivity (Wildman–Crippen MR) is 141 cm³/mol. The maximum atomic E-state index is 12.3. The Hall–Kier alpha value is -2.61. The number of rotatable bonds is 12. The molecule has 0 radical (unpaired) electrons. The first-order valence-corrected chi connectivity index (χ1v) is 12.6. The quantitative estimate of drug-likeness (QED) is 0.262. The van der Waals surface area contributed by atoms with Gasteiger partial charge < -0.3 is 10.2 Å². The van der Waals surface area contributed by atoms with E-state index in [0.29, 0.717) is 17.1 Å². The molecule has 1 aromatic carbocycles. The zero-order valence-corrected chi connectivity index (χ0v) is 23.2. The first-order valence-electron chi connectivity index (χ1n) is 11.0. The van der Waals surface area contributed by atoms with Crippen LogP contribution >= 0.6 is 24.4 Å².